The molecule has 0 aliphatic heterocycles. The number of benzene rings is 1. The molecule has 0 spiro atoms. The lowest BCUT2D eigenvalue weighted by molar-refractivity contribution is 0.0983. The predicted molar refractivity (Wildman–Crippen MR) is 69.9 cm³/mol. The highest BCUT2D eigenvalue weighted by Crippen LogP contribution is 2.30. The van der Waals surface area contributed by atoms with Crippen LogP contribution in [0.5, 0.6) is 0 Å². The molecule has 0 saturated carbocycles. The van der Waals surface area contributed by atoms with Gasteiger partial charge in [0.1, 0.15) is 5.38 Å². The van der Waals surface area contributed by atoms with Gasteiger partial charge in [-0.1, -0.05) is 65.6 Å². The number of alkyl halides is 4. The summed E-state index contributed by atoms with van der Waals surface area (Å²) in [5, 5.41) is -0.426. The number of Topliss-reactive ketones (excluding diaryl/α,β-unsaturated/α-hetero) is 1. The van der Waals surface area contributed by atoms with Crippen LogP contribution in [-0.2, 0) is 0 Å². The summed E-state index contributed by atoms with van der Waals surface area (Å²) in [5.74, 6) is 0.0293. The quantitative estimate of drug-likeness (QED) is 0.501. The van der Waals surface area contributed by atoms with E-state index in [-0.39, 0.29) is 5.78 Å². The summed E-state index contributed by atoms with van der Waals surface area (Å²) in [6.07, 6.45) is 1.23. The summed E-state index contributed by atoms with van der Waals surface area (Å²) in [7, 11) is 0. The lowest BCUT2D eigenvalue weighted by atomic mass is 9.95. The summed E-state index contributed by atoms with van der Waals surface area (Å²) in [4.78, 5) is 11.1. The van der Waals surface area contributed by atoms with E-state index in [1.807, 2.05) is 12.1 Å². The number of carbonyl (C=O) groups is 1. The fourth-order valence-electron chi connectivity index (χ4n) is 1.11. The highest BCUT2D eigenvalue weighted by Gasteiger charge is 2.23. The molecule has 2 bridgehead atoms. The number of allylic oxidation sites excluding steroid dienone is 1. The molecule has 2 aliphatic carbocycles. The van der Waals surface area contributed by atoms with Gasteiger partial charge in [0.15, 0.2) is 5.78 Å². The fraction of sp³-hybridized carbons (Fsp3) is 0.182. The molecule has 1 aromatic carbocycles. The monoisotopic (exact) mass is 296 g/mol. The number of carbonyl (C=O) groups excluding carboxylic acids is 1. The van der Waals surface area contributed by atoms with Gasteiger partial charge in [-0.05, 0) is 11.6 Å². The molecule has 1 nitrogen and oxygen atoms in total. The Bertz CT molecular complexity index is 391. The number of rotatable bonds is 0. The van der Waals surface area contributed by atoms with Crippen LogP contribution in [-0.4, -0.2) is 9.58 Å². The Morgan fingerprint density at radius 2 is 1.62 bits per heavy atom. The molecule has 0 amide bonds. The number of hydrogen-bond donors (Lipinski definition) is 0. The van der Waals surface area contributed by atoms with Crippen molar-refractivity contribution in [3.05, 3.63) is 48.0 Å². The third kappa shape index (κ3) is 3.67. The van der Waals surface area contributed by atoms with Gasteiger partial charge in [0.2, 0.25) is 3.79 Å². The first-order chi connectivity index (χ1) is 7.35. The van der Waals surface area contributed by atoms with Gasteiger partial charge in [-0.2, -0.15) is 0 Å². The van der Waals surface area contributed by atoms with Gasteiger partial charge >= 0.3 is 0 Å². The smallest absolute Gasteiger partial charge is 0.208 e. The van der Waals surface area contributed by atoms with Crippen LogP contribution in [0.25, 0.3) is 0 Å². The highest BCUT2D eigenvalue weighted by molar-refractivity contribution is 6.68. The Balaban J connectivity index is 0.000000187. The number of fused-ring (bicyclic) bond motifs is 3. The first-order valence-corrected chi connectivity index (χ1v) is 5.91. The summed E-state index contributed by atoms with van der Waals surface area (Å²) in [6, 6.07) is 7.37. The van der Waals surface area contributed by atoms with E-state index in [0.29, 0.717) is 0 Å². The van der Waals surface area contributed by atoms with E-state index >= 15 is 0 Å². The van der Waals surface area contributed by atoms with Crippen molar-refractivity contribution in [2.75, 3.05) is 0 Å². The van der Waals surface area contributed by atoms with Gasteiger partial charge in [-0.3, -0.25) is 4.79 Å². The van der Waals surface area contributed by atoms with Crippen LogP contribution in [0.4, 0.5) is 0 Å². The summed E-state index contributed by atoms with van der Waals surface area (Å²) < 4.78 is -1.28. The van der Waals surface area contributed by atoms with Crippen LogP contribution < -0.4 is 0 Å². The lowest BCUT2D eigenvalue weighted by Crippen LogP contribution is -2.12. The van der Waals surface area contributed by atoms with E-state index in [1.54, 1.807) is 12.1 Å². The zero-order chi connectivity index (χ0) is 12.3. The molecule has 1 unspecified atom stereocenters. The van der Waals surface area contributed by atoms with Gasteiger partial charge < -0.3 is 0 Å². The fourth-order valence-corrected chi connectivity index (χ4v) is 1.39. The Morgan fingerprint density at radius 1 is 1.19 bits per heavy atom. The van der Waals surface area contributed by atoms with E-state index in [0.717, 1.165) is 11.1 Å². The molecule has 5 heteroatoms. The topological polar surface area (TPSA) is 17.1 Å². The van der Waals surface area contributed by atoms with Gasteiger partial charge in [-0.15, -0.1) is 11.6 Å². The van der Waals surface area contributed by atoms with Crippen molar-refractivity contribution in [1.82, 2.24) is 0 Å². The van der Waals surface area contributed by atoms with Crippen molar-refractivity contribution < 1.29 is 4.79 Å². The zero-order valence-electron chi connectivity index (χ0n) is 8.09. The zero-order valence-corrected chi connectivity index (χ0v) is 11.1. The molecule has 0 heterocycles. The average molecular weight is 298 g/mol. The summed E-state index contributed by atoms with van der Waals surface area (Å²) in [6.45, 7) is 3.24. The highest BCUT2D eigenvalue weighted by atomic mass is 35.6. The Labute approximate surface area is 114 Å². The second-order valence-corrected chi connectivity index (χ2v) is 5.90. The van der Waals surface area contributed by atoms with Crippen LogP contribution in [0.2, 0.25) is 0 Å². The van der Waals surface area contributed by atoms with Crippen LogP contribution in [0.15, 0.2) is 36.9 Å². The van der Waals surface area contributed by atoms with Crippen molar-refractivity contribution in [3.8, 4) is 0 Å². The number of hydrogen-bond acceptors (Lipinski definition) is 1. The predicted octanol–water partition coefficient (Wildman–Crippen LogP) is 4.71. The molecule has 2 aliphatic rings. The van der Waals surface area contributed by atoms with Crippen molar-refractivity contribution >= 4 is 52.2 Å². The number of halogens is 4. The maximum Gasteiger partial charge on any atom is 0.208 e. The Kier molecular flexibility index (Phi) is 4.69. The third-order valence-electron chi connectivity index (χ3n) is 1.95. The molecule has 0 saturated heterocycles. The molecule has 1 atom stereocenters. The van der Waals surface area contributed by atoms with E-state index in [1.165, 1.54) is 6.08 Å². The van der Waals surface area contributed by atoms with Crippen LogP contribution in [0.1, 0.15) is 21.3 Å². The molecule has 0 radical (unpaired) electrons. The molecule has 0 fully saturated rings. The van der Waals surface area contributed by atoms with Gasteiger partial charge in [0.05, 0.1) is 0 Å². The van der Waals surface area contributed by atoms with E-state index in [4.69, 9.17) is 46.4 Å². The molecule has 16 heavy (non-hydrogen) atoms. The number of ketones is 1. The molecular formula is C11H8Cl4O. The largest absolute Gasteiger partial charge is 0.292 e. The maximum absolute atomic E-state index is 11.1. The van der Waals surface area contributed by atoms with Crippen molar-refractivity contribution in [1.29, 1.82) is 0 Å². The third-order valence-corrected chi connectivity index (χ3v) is 2.86. The lowest BCUT2D eigenvalue weighted by Gasteiger charge is -2.15. The standard InChI is InChI=1S/C8H5ClO.C3H3Cl3/c9-7-5-1-3-6(4-2-5)8(7)10;1-2-3(4,5)6/h1-4,7H;2H,1H2. The van der Waals surface area contributed by atoms with Gasteiger partial charge in [-0.25, -0.2) is 0 Å². The second kappa shape index (κ2) is 5.42. The van der Waals surface area contributed by atoms with Crippen molar-refractivity contribution in [3.63, 3.8) is 0 Å². The van der Waals surface area contributed by atoms with Crippen LogP contribution in [0.3, 0.4) is 0 Å². The van der Waals surface area contributed by atoms with E-state index < -0.39 is 9.17 Å². The SMILES string of the molecule is C=CC(Cl)(Cl)Cl.O=C1c2ccc(cc2)C1Cl. The Morgan fingerprint density at radius 3 is 1.81 bits per heavy atom. The first kappa shape index (κ1) is 13.9. The van der Waals surface area contributed by atoms with Gasteiger partial charge in [0.25, 0.3) is 0 Å². The minimum atomic E-state index is -1.28. The van der Waals surface area contributed by atoms with Crippen LogP contribution >= 0.6 is 46.4 Å². The van der Waals surface area contributed by atoms with E-state index in [9.17, 15) is 4.79 Å². The van der Waals surface area contributed by atoms with Crippen LogP contribution in [0, 0.1) is 0 Å². The summed E-state index contributed by atoms with van der Waals surface area (Å²) in [5.41, 5.74) is 1.62. The average Bonchev–Trinajstić information content (AvgIpc) is 2.25. The molecule has 0 N–H and O–H groups in total. The molecular weight excluding hydrogens is 290 g/mol. The minimum absolute atomic E-state index is 0.0293. The maximum atomic E-state index is 11.1. The van der Waals surface area contributed by atoms with Crippen molar-refractivity contribution in [2.24, 2.45) is 0 Å². The normalized spacial score (nSPS) is 17.8. The van der Waals surface area contributed by atoms with E-state index in [2.05, 4.69) is 6.58 Å². The Hall–Kier alpha value is -0.210. The minimum Gasteiger partial charge on any atom is -0.292 e. The van der Waals surface area contributed by atoms with Crippen molar-refractivity contribution in [2.45, 2.75) is 9.17 Å². The second-order valence-electron chi connectivity index (χ2n) is 3.09. The summed E-state index contributed by atoms with van der Waals surface area (Å²) >= 11 is 21.1. The molecule has 3 rings (SSSR count). The molecule has 1 aromatic rings. The molecule has 86 valence electrons. The molecule has 0 aromatic heterocycles. The van der Waals surface area contributed by atoms with Gasteiger partial charge in [0, 0.05) is 5.56 Å². The first-order valence-electron chi connectivity index (χ1n) is 4.33.